The summed E-state index contributed by atoms with van der Waals surface area (Å²) >= 11 is 1.65. The van der Waals surface area contributed by atoms with Crippen LogP contribution in [0, 0.1) is 23.2 Å². The van der Waals surface area contributed by atoms with Crippen LogP contribution in [-0.4, -0.2) is 23.3 Å². The second kappa shape index (κ2) is 8.86. The van der Waals surface area contributed by atoms with Crippen LogP contribution in [0.3, 0.4) is 0 Å². The molecule has 0 radical (unpaired) electrons. The Morgan fingerprint density at radius 3 is 2.28 bits per heavy atom. The van der Waals surface area contributed by atoms with Gasteiger partial charge in [-0.25, -0.2) is 0 Å². The molecule has 1 heterocycles. The van der Waals surface area contributed by atoms with Gasteiger partial charge in [0.2, 0.25) is 5.91 Å². The number of hydrogen-bond donors (Lipinski definition) is 1. The van der Waals surface area contributed by atoms with Crippen LogP contribution >= 0.6 is 11.3 Å². The minimum atomic E-state index is -0.113. The Hall–Kier alpha value is -2.40. The molecule has 4 aliphatic carbocycles. The van der Waals surface area contributed by atoms with Gasteiger partial charge >= 0.3 is 0 Å². The zero-order valence-electron chi connectivity index (χ0n) is 18.6. The van der Waals surface area contributed by atoms with E-state index in [1.807, 2.05) is 46.7 Å². The Balaban J connectivity index is 1.20. The highest BCUT2D eigenvalue weighted by atomic mass is 32.1. The van der Waals surface area contributed by atoms with E-state index in [0.717, 1.165) is 47.5 Å². The number of carbonyl (C=O) groups is 2. The van der Waals surface area contributed by atoms with Crippen LogP contribution in [0.25, 0.3) is 0 Å². The van der Waals surface area contributed by atoms with E-state index < -0.39 is 0 Å². The van der Waals surface area contributed by atoms with Crippen LogP contribution < -0.4 is 5.32 Å². The van der Waals surface area contributed by atoms with Crippen LogP contribution in [-0.2, 0) is 17.9 Å². The fraction of sp³-hybridized carbons (Fsp3) is 0.481. The van der Waals surface area contributed by atoms with Crippen molar-refractivity contribution in [2.75, 3.05) is 6.54 Å². The number of benzene rings is 1. The van der Waals surface area contributed by atoms with Crippen molar-refractivity contribution in [1.82, 2.24) is 10.2 Å². The van der Waals surface area contributed by atoms with Crippen LogP contribution in [0.5, 0.6) is 0 Å². The Morgan fingerprint density at radius 2 is 1.72 bits per heavy atom. The van der Waals surface area contributed by atoms with E-state index in [1.54, 1.807) is 17.4 Å². The summed E-state index contributed by atoms with van der Waals surface area (Å²) in [6.45, 7) is 5.43. The lowest BCUT2D eigenvalue weighted by molar-refractivity contribution is -0.146. The molecule has 1 aromatic heterocycles. The van der Waals surface area contributed by atoms with Crippen molar-refractivity contribution in [3.63, 3.8) is 0 Å². The first-order valence-electron chi connectivity index (χ1n) is 11.8. The van der Waals surface area contributed by atoms with Gasteiger partial charge in [0.15, 0.2) is 0 Å². The minimum absolute atomic E-state index is 0.00227. The lowest BCUT2D eigenvalue weighted by Gasteiger charge is -2.55. The predicted octanol–water partition coefficient (Wildman–Crippen LogP) is 5.41. The number of rotatable bonds is 8. The fourth-order valence-electron chi connectivity index (χ4n) is 6.67. The van der Waals surface area contributed by atoms with E-state index in [0.29, 0.717) is 25.2 Å². The van der Waals surface area contributed by atoms with Crippen LogP contribution in [0.15, 0.2) is 54.4 Å². The molecule has 0 aliphatic heterocycles. The smallest absolute Gasteiger partial charge is 0.254 e. The molecule has 2 amide bonds. The average molecular weight is 449 g/mol. The highest BCUT2D eigenvalue weighted by molar-refractivity contribution is 7.09. The third-order valence-corrected chi connectivity index (χ3v) is 8.60. The maximum absolute atomic E-state index is 13.2. The molecule has 0 saturated heterocycles. The lowest BCUT2D eigenvalue weighted by Crippen LogP contribution is -2.53. The van der Waals surface area contributed by atoms with Crippen molar-refractivity contribution < 1.29 is 9.59 Å². The Morgan fingerprint density at radius 1 is 1.06 bits per heavy atom. The second-order valence-corrected chi connectivity index (χ2v) is 11.2. The van der Waals surface area contributed by atoms with Gasteiger partial charge in [-0.1, -0.05) is 24.3 Å². The number of nitrogens with one attached hydrogen (secondary N) is 1. The van der Waals surface area contributed by atoms with Gasteiger partial charge in [0.05, 0.1) is 6.54 Å². The van der Waals surface area contributed by atoms with E-state index >= 15 is 0 Å². The summed E-state index contributed by atoms with van der Waals surface area (Å²) < 4.78 is 0. The van der Waals surface area contributed by atoms with Crippen molar-refractivity contribution in [3.8, 4) is 0 Å². The number of carbonyl (C=O) groups excluding carboxylic acids is 2. The van der Waals surface area contributed by atoms with E-state index in [1.165, 1.54) is 19.3 Å². The van der Waals surface area contributed by atoms with Crippen molar-refractivity contribution in [2.45, 2.75) is 51.6 Å². The Labute approximate surface area is 194 Å². The molecule has 0 atom stereocenters. The SMILES string of the molecule is C=CCN(Cc1cccs1)C(=O)c1ccc(CNC(=O)C23CC4CC(CC(C4)C2)C3)cc1. The molecular formula is C27H32N2O2S. The third kappa shape index (κ3) is 4.27. The summed E-state index contributed by atoms with van der Waals surface area (Å²) in [5, 5.41) is 5.26. The van der Waals surface area contributed by atoms with Gasteiger partial charge in [0, 0.05) is 28.9 Å². The van der Waals surface area contributed by atoms with E-state index in [-0.39, 0.29) is 17.2 Å². The number of amides is 2. The van der Waals surface area contributed by atoms with Gasteiger partial charge in [-0.15, -0.1) is 17.9 Å². The number of thiophene rings is 1. The van der Waals surface area contributed by atoms with Crippen molar-refractivity contribution >= 4 is 23.2 Å². The zero-order valence-corrected chi connectivity index (χ0v) is 19.4. The molecule has 4 fully saturated rings. The minimum Gasteiger partial charge on any atom is -0.352 e. The Kier molecular flexibility index (Phi) is 5.93. The summed E-state index contributed by atoms with van der Waals surface area (Å²) in [6.07, 6.45) is 9.05. The van der Waals surface area contributed by atoms with E-state index in [9.17, 15) is 9.59 Å². The van der Waals surface area contributed by atoms with Crippen molar-refractivity contribution in [2.24, 2.45) is 23.2 Å². The first kappa shape index (κ1) is 21.4. The average Bonchev–Trinajstić information content (AvgIpc) is 3.29. The van der Waals surface area contributed by atoms with Gasteiger partial charge in [0.1, 0.15) is 0 Å². The summed E-state index contributed by atoms with van der Waals surface area (Å²) in [5.74, 6) is 2.56. The van der Waals surface area contributed by atoms with Crippen molar-refractivity contribution in [3.05, 3.63) is 70.4 Å². The van der Waals surface area contributed by atoms with Gasteiger partial charge in [-0.3, -0.25) is 9.59 Å². The first-order valence-corrected chi connectivity index (χ1v) is 12.7. The topological polar surface area (TPSA) is 49.4 Å². The largest absolute Gasteiger partial charge is 0.352 e. The second-order valence-electron chi connectivity index (χ2n) is 10.1. The quantitative estimate of drug-likeness (QED) is 0.549. The Bertz CT molecular complexity index is 944. The van der Waals surface area contributed by atoms with E-state index in [2.05, 4.69) is 11.9 Å². The monoisotopic (exact) mass is 448 g/mol. The van der Waals surface area contributed by atoms with Gasteiger partial charge in [-0.05, 0) is 85.4 Å². The highest BCUT2D eigenvalue weighted by Gasteiger charge is 2.54. The predicted molar refractivity (Wildman–Crippen MR) is 128 cm³/mol. The molecule has 2 aromatic rings. The third-order valence-electron chi connectivity index (χ3n) is 7.74. The molecule has 168 valence electrons. The standard InChI is InChI=1S/C27H32N2O2S/c1-2-9-29(18-24-4-3-10-32-24)25(30)23-7-5-19(6-8-23)17-28-26(31)27-14-20-11-21(15-27)13-22(12-20)16-27/h2-8,10,20-22H,1,9,11-18H2,(H,28,31). The normalized spacial score (nSPS) is 27.8. The highest BCUT2D eigenvalue weighted by Crippen LogP contribution is 2.60. The summed E-state index contributed by atoms with van der Waals surface area (Å²) in [5.41, 5.74) is 1.59. The van der Waals surface area contributed by atoms with Crippen LogP contribution in [0.1, 0.15) is 59.3 Å². The van der Waals surface area contributed by atoms with Crippen LogP contribution in [0.2, 0.25) is 0 Å². The first-order chi connectivity index (χ1) is 15.5. The number of nitrogens with zero attached hydrogens (tertiary/aromatic N) is 1. The summed E-state index contributed by atoms with van der Waals surface area (Å²) in [6, 6.07) is 11.7. The molecular weight excluding hydrogens is 416 g/mol. The molecule has 4 aliphatic rings. The molecule has 4 nitrogen and oxygen atoms in total. The maximum Gasteiger partial charge on any atom is 0.254 e. The zero-order chi connectivity index (χ0) is 22.1. The van der Waals surface area contributed by atoms with Gasteiger partial charge in [-0.2, -0.15) is 0 Å². The molecule has 0 unspecified atom stereocenters. The van der Waals surface area contributed by atoms with E-state index in [4.69, 9.17) is 0 Å². The summed E-state index contributed by atoms with van der Waals surface area (Å²) in [7, 11) is 0. The molecule has 4 saturated carbocycles. The molecule has 1 N–H and O–H groups in total. The van der Waals surface area contributed by atoms with Gasteiger partial charge in [0.25, 0.3) is 5.91 Å². The van der Waals surface area contributed by atoms with Gasteiger partial charge < -0.3 is 10.2 Å². The van der Waals surface area contributed by atoms with Crippen molar-refractivity contribution in [1.29, 1.82) is 0 Å². The molecule has 1 aromatic carbocycles. The fourth-order valence-corrected chi connectivity index (χ4v) is 7.39. The summed E-state index contributed by atoms with van der Waals surface area (Å²) in [4.78, 5) is 29.2. The molecule has 32 heavy (non-hydrogen) atoms. The molecule has 6 rings (SSSR count). The van der Waals surface area contributed by atoms with Crippen LogP contribution in [0.4, 0.5) is 0 Å². The molecule has 5 heteroatoms. The molecule has 0 spiro atoms. The number of hydrogen-bond acceptors (Lipinski definition) is 3. The molecule has 4 bridgehead atoms. The lowest BCUT2D eigenvalue weighted by atomic mass is 9.49. The maximum atomic E-state index is 13.2.